The second-order valence-corrected chi connectivity index (χ2v) is 14.2. The molecule has 0 bridgehead atoms. The molecular formula is C49H30N2O. The second-order valence-electron chi connectivity index (χ2n) is 14.2. The summed E-state index contributed by atoms with van der Waals surface area (Å²) in [6, 6.07) is 59.9. The van der Waals surface area contributed by atoms with Crippen LogP contribution in [0.4, 0.5) is 0 Å². The van der Waals surface area contributed by atoms with Crippen molar-refractivity contribution in [3.05, 3.63) is 175 Å². The first kappa shape index (κ1) is 27.9. The van der Waals surface area contributed by atoms with E-state index < -0.39 is 0 Å². The zero-order valence-corrected chi connectivity index (χ0v) is 28.2. The van der Waals surface area contributed by atoms with Crippen LogP contribution < -0.4 is 0 Å². The van der Waals surface area contributed by atoms with Crippen LogP contribution in [0, 0.1) is 0 Å². The fourth-order valence-corrected chi connectivity index (χ4v) is 8.84. The molecule has 0 atom stereocenters. The van der Waals surface area contributed by atoms with Gasteiger partial charge in [0.2, 0.25) is 0 Å². The molecule has 0 saturated carbocycles. The standard InChI is InChI=1S/C49H30N2O/c1-2-8-36-33(7-1)23-34-14-13-29(24-39(34)36)30-15-19-44-40(25-30)41-26-31(16-20-45(41)50-44)32-17-21-47-42(27-32)37-9-3-5-11-46(37)51(47)35-18-22-49-43(28-35)38-10-4-6-12-48(38)52-49/h1-22,24-28,50H,23H2. The minimum atomic E-state index is 0.908. The van der Waals surface area contributed by atoms with Crippen LogP contribution in [0.15, 0.2) is 168 Å². The molecule has 0 spiro atoms. The van der Waals surface area contributed by atoms with Crippen LogP contribution in [0.25, 0.3) is 105 Å². The van der Waals surface area contributed by atoms with E-state index in [-0.39, 0.29) is 0 Å². The summed E-state index contributed by atoms with van der Waals surface area (Å²) in [5.41, 5.74) is 18.1. The van der Waals surface area contributed by atoms with E-state index in [0.29, 0.717) is 0 Å². The highest BCUT2D eigenvalue weighted by molar-refractivity contribution is 6.13. The number of hydrogen-bond donors (Lipinski definition) is 1. The third-order valence-electron chi connectivity index (χ3n) is 11.4. The predicted molar refractivity (Wildman–Crippen MR) is 217 cm³/mol. The highest BCUT2D eigenvalue weighted by atomic mass is 16.3. The molecular weight excluding hydrogens is 633 g/mol. The van der Waals surface area contributed by atoms with Gasteiger partial charge in [0, 0.05) is 49.0 Å². The van der Waals surface area contributed by atoms with E-state index in [1.54, 1.807) is 0 Å². The number of hydrogen-bond acceptors (Lipinski definition) is 1. The molecule has 0 amide bonds. The van der Waals surface area contributed by atoms with Crippen LogP contribution in [-0.2, 0) is 6.42 Å². The summed E-state index contributed by atoms with van der Waals surface area (Å²) in [6.45, 7) is 0. The first-order valence-electron chi connectivity index (χ1n) is 18.0. The Morgan fingerprint density at radius 2 is 1.02 bits per heavy atom. The van der Waals surface area contributed by atoms with Crippen molar-refractivity contribution in [2.45, 2.75) is 6.42 Å². The highest BCUT2D eigenvalue weighted by Gasteiger charge is 2.19. The second kappa shape index (κ2) is 10.3. The number of H-pyrrole nitrogens is 1. The quantitative estimate of drug-likeness (QED) is 0.201. The molecule has 8 aromatic carbocycles. The summed E-state index contributed by atoms with van der Waals surface area (Å²) in [5, 5.41) is 7.24. The molecule has 52 heavy (non-hydrogen) atoms. The summed E-state index contributed by atoms with van der Waals surface area (Å²) in [5.74, 6) is 0. The summed E-state index contributed by atoms with van der Waals surface area (Å²) in [7, 11) is 0. The first-order valence-corrected chi connectivity index (χ1v) is 18.0. The molecule has 3 heterocycles. The smallest absolute Gasteiger partial charge is 0.135 e. The van der Waals surface area contributed by atoms with Crippen molar-refractivity contribution in [1.82, 2.24) is 9.55 Å². The van der Waals surface area contributed by atoms with Crippen molar-refractivity contribution >= 4 is 65.6 Å². The van der Waals surface area contributed by atoms with Crippen molar-refractivity contribution in [2.24, 2.45) is 0 Å². The Morgan fingerprint density at radius 3 is 1.87 bits per heavy atom. The van der Waals surface area contributed by atoms with E-state index in [2.05, 4.69) is 161 Å². The summed E-state index contributed by atoms with van der Waals surface area (Å²) >= 11 is 0. The minimum Gasteiger partial charge on any atom is -0.456 e. The van der Waals surface area contributed by atoms with Gasteiger partial charge in [-0.05, 0) is 124 Å². The normalized spacial score (nSPS) is 12.5. The molecule has 0 unspecified atom stereocenters. The van der Waals surface area contributed by atoms with Crippen molar-refractivity contribution in [2.75, 3.05) is 0 Å². The maximum Gasteiger partial charge on any atom is 0.135 e. The lowest BCUT2D eigenvalue weighted by Crippen LogP contribution is -1.93. The summed E-state index contributed by atoms with van der Waals surface area (Å²) in [4.78, 5) is 3.68. The van der Waals surface area contributed by atoms with Crippen LogP contribution in [0.2, 0.25) is 0 Å². The average Bonchev–Trinajstić information content (AvgIpc) is 3.95. The van der Waals surface area contributed by atoms with E-state index in [1.165, 1.54) is 77.1 Å². The van der Waals surface area contributed by atoms with Gasteiger partial charge in [0.25, 0.3) is 0 Å². The van der Waals surface area contributed by atoms with E-state index >= 15 is 0 Å². The van der Waals surface area contributed by atoms with Crippen LogP contribution in [0.5, 0.6) is 0 Å². The Labute approximate surface area is 299 Å². The molecule has 3 heteroatoms. The van der Waals surface area contributed by atoms with E-state index in [9.17, 15) is 0 Å². The summed E-state index contributed by atoms with van der Waals surface area (Å²) in [6.07, 6.45) is 1.01. The van der Waals surface area contributed by atoms with Gasteiger partial charge in [-0.15, -0.1) is 0 Å². The molecule has 3 aromatic heterocycles. The lowest BCUT2D eigenvalue weighted by Gasteiger charge is -2.09. The SMILES string of the molecule is c1ccc2c(c1)Cc1ccc(-c3ccc4[nH]c5ccc(-c6ccc7c(c6)c6ccccc6n7-c6ccc7oc8ccccc8c7c6)cc5c4c3)cc1-2. The predicted octanol–water partition coefficient (Wildman–Crippen LogP) is 13.2. The maximum absolute atomic E-state index is 6.16. The molecule has 12 rings (SSSR count). The van der Waals surface area contributed by atoms with Crippen LogP contribution in [0.3, 0.4) is 0 Å². The largest absolute Gasteiger partial charge is 0.456 e. The Hall–Kier alpha value is -6.84. The van der Waals surface area contributed by atoms with E-state index in [0.717, 1.165) is 45.1 Å². The van der Waals surface area contributed by atoms with Crippen molar-refractivity contribution in [3.8, 4) is 39.1 Å². The molecule has 1 aliphatic carbocycles. The van der Waals surface area contributed by atoms with Crippen molar-refractivity contribution in [1.29, 1.82) is 0 Å². The topological polar surface area (TPSA) is 33.9 Å². The number of furan rings is 1. The lowest BCUT2D eigenvalue weighted by atomic mass is 9.97. The number of aromatic nitrogens is 2. The number of fused-ring (bicyclic) bond motifs is 12. The zero-order valence-electron chi connectivity index (χ0n) is 28.2. The van der Waals surface area contributed by atoms with Gasteiger partial charge in [-0.1, -0.05) is 91.0 Å². The fourth-order valence-electron chi connectivity index (χ4n) is 8.84. The third kappa shape index (κ3) is 3.96. The monoisotopic (exact) mass is 662 g/mol. The Bertz CT molecular complexity index is 3280. The number of nitrogens with zero attached hydrogens (tertiary/aromatic N) is 1. The Morgan fingerprint density at radius 1 is 0.404 bits per heavy atom. The molecule has 11 aromatic rings. The van der Waals surface area contributed by atoms with Crippen molar-refractivity contribution in [3.63, 3.8) is 0 Å². The van der Waals surface area contributed by atoms with Crippen LogP contribution >= 0.6 is 0 Å². The van der Waals surface area contributed by atoms with Gasteiger partial charge in [0.1, 0.15) is 11.2 Å². The number of rotatable bonds is 3. The highest BCUT2D eigenvalue weighted by Crippen LogP contribution is 2.41. The van der Waals surface area contributed by atoms with Crippen LogP contribution in [-0.4, -0.2) is 9.55 Å². The molecule has 3 nitrogen and oxygen atoms in total. The molecule has 1 N–H and O–H groups in total. The third-order valence-corrected chi connectivity index (χ3v) is 11.4. The number of aromatic amines is 1. The minimum absolute atomic E-state index is 0.908. The zero-order chi connectivity index (χ0) is 33.9. The van der Waals surface area contributed by atoms with E-state index in [4.69, 9.17) is 4.42 Å². The average molecular weight is 663 g/mol. The summed E-state index contributed by atoms with van der Waals surface area (Å²) < 4.78 is 8.55. The number of para-hydroxylation sites is 2. The van der Waals surface area contributed by atoms with Gasteiger partial charge in [-0.2, -0.15) is 0 Å². The Kier molecular flexibility index (Phi) is 5.56. The van der Waals surface area contributed by atoms with Gasteiger partial charge in [0.05, 0.1) is 11.0 Å². The molecule has 0 saturated heterocycles. The molecule has 1 aliphatic rings. The van der Waals surface area contributed by atoms with Crippen LogP contribution in [0.1, 0.15) is 11.1 Å². The number of benzene rings is 8. The number of nitrogens with one attached hydrogen (secondary N) is 1. The molecule has 0 aliphatic heterocycles. The van der Waals surface area contributed by atoms with Crippen molar-refractivity contribution < 1.29 is 4.42 Å². The molecule has 242 valence electrons. The van der Waals surface area contributed by atoms with Gasteiger partial charge < -0.3 is 14.0 Å². The molecule has 0 fully saturated rings. The fraction of sp³-hybridized carbons (Fsp3) is 0.0204. The molecule has 0 radical (unpaired) electrons. The van der Waals surface area contributed by atoms with Gasteiger partial charge in [-0.3, -0.25) is 0 Å². The van der Waals surface area contributed by atoms with E-state index in [1.807, 2.05) is 12.1 Å². The first-order chi connectivity index (χ1) is 25.7. The maximum atomic E-state index is 6.16. The van der Waals surface area contributed by atoms with Gasteiger partial charge in [0.15, 0.2) is 0 Å². The lowest BCUT2D eigenvalue weighted by molar-refractivity contribution is 0.669. The van der Waals surface area contributed by atoms with Gasteiger partial charge in [-0.25, -0.2) is 0 Å². The van der Waals surface area contributed by atoms with Gasteiger partial charge >= 0.3 is 0 Å². The Balaban J connectivity index is 0.983.